The highest BCUT2D eigenvalue weighted by Crippen LogP contribution is 2.24. The van der Waals surface area contributed by atoms with Crippen LogP contribution >= 0.6 is 15.9 Å². The van der Waals surface area contributed by atoms with Crippen molar-refractivity contribution in [2.75, 3.05) is 5.32 Å². The number of para-hydroxylation sites is 1. The molecule has 0 aliphatic heterocycles. The number of amides is 1. The van der Waals surface area contributed by atoms with Crippen LogP contribution in [0.1, 0.15) is 48.5 Å². The van der Waals surface area contributed by atoms with E-state index in [9.17, 15) is 9.59 Å². The van der Waals surface area contributed by atoms with E-state index < -0.39 is 0 Å². The number of halogens is 1. The molecule has 0 fully saturated rings. The van der Waals surface area contributed by atoms with Gasteiger partial charge in [0.25, 0.3) is 0 Å². The Kier molecular flexibility index (Phi) is 6.11. The van der Waals surface area contributed by atoms with Gasteiger partial charge >= 0.3 is 0 Å². The van der Waals surface area contributed by atoms with Crippen molar-refractivity contribution in [3.63, 3.8) is 0 Å². The minimum atomic E-state index is -0.136. The highest BCUT2D eigenvalue weighted by atomic mass is 79.9. The van der Waals surface area contributed by atoms with Gasteiger partial charge in [-0.15, -0.1) is 0 Å². The summed E-state index contributed by atoms with van der Waals surface area (Å²) in [4.78, 5) is 24.2. The molecule has 2 aromatic rings. The average molecular weight is 374 g/mol. The molecule has 0 unspecified atom stereocenters. The summed E-state index contributed by atoms with van der Waals surface area (Å²) in [6, 6.07) is 14.9. The topological polar surface area (TPSA) is 46.2 Å². The van der Waals surface area contributed by atoms with Crippen LogP contribution in [-0.4, -0.2) is 11.7 Å². The molecule has 23 heavy (non-hydrogen) atoms. The Bertz CT molecular complexity index is 693. The zero-order valence-electron chi connectivity index (χ0n) is 13.3. The maximum atomic E-state index is 12.1. The maximum Gasteiger partial charge on any atom is 0.224 e. The van der Waals surface area contributed by atoms with Crippen molar-refractivity contribution in [2.24, 2.45) is 0 Å². The standard InChI is InChI=1S/C19H20BrNO2/c1-13(2)16-5-3-4-6-17(16)21-19(23)12-11-18(22)14-7-9-15(20)10-8-14/h3-10,13H,11-12H2,1-2H3,(H,21,23). The van der Waals surface area contributed by atoms with Crippen LogP contribution in [0.4, 0.5) is 5.69 Å². The largest absolute Gasteiger partial charge is 0.326 e. The Morgan fingerprint density at radius 3 is 2.30 bits per heavy atom. The summed E-state index contributed by atoms with van der Waals surface area (Å²) in [5, 5.41) is 2.91. The van der Waals surface area contributed by atoms with Gasteiger partial charge < -0.3 is 5.32 Å². The van der Waals surface area contributed by atoms with Gasteiger partial charge in [-0.1, -0.05) is 60.1 Å². The molecule has 1 amide bonds. The molecule has 1 N–H and O–H groups in total. The van der Waals surface area contributed by atoms with Crippen molar-refractivity contribution in [3.8, 4) is 0 Å². The first-order valence-electron chi connectivity index (χ1n) is 7.65. The summed E-state index contributed by atoms with van der Waals surface area (Å²) >= 11 is 3.34. The normalized spacial score (nSPS) is 10.6. The van der Waals surface area contributed by atoms with Crippen LogP contribution in [0.2, 0.25) is 0 Å². The van der Waals surface area contributed by atoms with Gasteiger partial charge in [0.2, 0.25) is 5.91 Å². The number of rotatable bonds is 6. The molecule has 0 bridgehead atoms. The van der Waals surface area contributed by atoms with Gasteiger partial charge in [-0.25, -0.2) is 0 Å². The third kappa shape index (κ3) is 5.03. The summed E-state index contributed by atoms with van der Waals surface area (Å²) in [6.45, 7) is 4.17. The van der Waals surface area contributed by atoms with E-state index in [0.717, 1.165) is 15.7 Å². The number of carbonyl (C=O) groups excluding carboxylic acids is 2. The first-order chi connectivity index (χ1) is 11.0. The summed E-state index contributed by atoms with van der Waals surface area (Å²) < 4.78 is 0.928. The lowest BCUT2D eigenvalue weighted by Gasteiger charge is -2.13. The van der Waals surface area contributed by atoms with E-state index in [0.29, 0.717) is 11.5 Å². The summed E-state index contributed by atoms with van der Waals surface area (Å²) in [5.41, 5.74) is 2.55. The van der Waals surface area contributed by atoms with Gasteiger partial charge in [-0.2, -0.15) is 0 Å². The number of Topliss-reactive ketones (excluding diaryl/α,β-unsaturated/α-hetero) is 1. The second kappa shape index (κ2) is 8.06. The molecule has 2 rings (SSSR count). The summed E-state index contributed by atoms with van der Waals surface area (Å²) in [5.74, 6) is 0.171. The Labute approximate surface area is 145 Å². The van der Waals surface area contributed by atoms with Crippen molar-refractivity contribution in [3.05, 3.63) is 64.1 Å². The number of anilines is 1. The first kappa shape index (κ1) is 17.4. The molecule has 2 aromatic carbocycles. The lowest BCUT2D eigenvalue weighted by molar-refractivity contribution is -0.116. The zero-order valence-corrected chi connectivity index (χ0v) is 14.9. The van der Waals surface area contributed by atoms with E-state index in [1.807, 2.05) is 36.4 Å². The van der Waals surface area contributed by atoms with Crippen LogP contribution in [0.15, 0.2) is 53.0 Å². The van der Waals surface area contributed by atoms with Crippen molar-refractivity contribution in [2.45, 2.75) is 32.6 Å². The van der Waals surface area contributed by atoms with E-state index in [2.05, 4.69) is 35.1 Å². The van der Waals surface area contributed by atoms with Gasteiger partial charge in [0.15, 0.2) is 5.78 Å². The molecule has 0 aromatic heterocycles. The van der Waals surface area contributed by atoms with E-state index in [-0.39, 0.29) is 24.5 Å². The first-order valence-corrected chi connectivity index (χ1v) is 8.44. The Morgan fingerprint density at radius 2 is 1.65 bits per heavy atom. The quantitative estimate of drug-likeness (QED) is 0.709. The molecule has 3 nitrogen and oxygen atoms in total. The Hall–Kier alpha value is -1.94. The molecule has 0 heterocycles. The SMILES string of the molecule is CC(C)c1ccccc1NC(=O)CCC(=O)c1ccc(Br)cc1. The average Bonchev–Trinajstić information content (AvgIpc) is 2.53. The van der Waals surface area contributed by atoms with Crippen molar-refractivity contribution >= 4 is 33.3 Å². The van der Waals surface area contributed by atoms with Gasteiger partial charge in [0.1, 0.15) is 0 Å². The molecule has 120 valence electrons. The van der Waals surface area contributed by atoms with E-state index in [1.54, 1.807) is 12.1 Å². The van der Waals surface area contributed by atoms with Crippen LogP contribution < -0.4 is 5.32 Å². The fourth-order valence-electron chi connectivity index (χ4n) is 2.33. The number of benzene rings is 2. The Morgan fingerprint density at radius 1 is 1.00 bits per heavy atom. The van der Waals surface area contributed by atoms with Gasteiger partial charge in [-0.05, 0) is 29.7 Å². The minimum absolute atomic E-state index is 0.0233. The van der Waals surface area contributed by atoms with Crippen LogP contribution in [0.5, 0.6) is 0 Å². The minimum Gasteiger partial charge on any atom is -0.326 e. The monoisotopic (exact) mass is 373 g/mol. The van der Waals surface area contributed by atoms with E-state index >= 15 is 0 Å². The number of hydrogen-bond donors (Lipinski definition) is 1. The van der Waals surface area contributed by atoms with E-state index in [4.69, 9.17) is 0 Å². The van der Waals surface area contributed by atoms with Crippen LogP contribution in [0.3, 0.4) is 0 Å². The van der Waals surface area contributed by atoms with E-state index in [1.165, 1.54) is 0 Å². The highest BCUT2D eigenvalue weighted by molar-refractivity contribution is 9.10. The smallest absolute Gasteiger partial charge is 0.224 e. The molecule has 0 spiro atoms. The fraction of sp³-hybridized carbons (Fsp3) is 0.263. The van der Waals surface area contributed by atoms with Crippen LogP contribution in [0.25, 0.3) is 0 Å². The second-order valence-corrected chi connectivity index (χ2v) is 6.64. The summed E-state index contributed by atoms with van der Waals surface area (Å²) in [6.07, 6.45) is 0.388. The fourth-order valence-corrected chi connectivity index (χ4v) is 2.60. The molecular weight excluding hydrogens is 354 g/mol. The highest BCUT2D eigenvalue weighted by Gasteiger charge is 2.12. The molecule has 4 heteroatoms. The molecular formula is C19H20BrNO2. The predicted octanol–water partition coefficient (Wildman–Crippen LogP) is 5.17. The summed E-state index contributed by atoms with van der Waals surface area (Å²) in [7, 11) is 0. The third-order valence-corrected chi connectivity index (χ3v) is 4.13. The van der Waals surface area contributed by atoms with Crippen molar-refractivity contribution < 1.29 is 9.59 Å². The van der Waals surface area contributed by atoms with Gasteiger partial charge in [0, 0.05) is 28.6 Å². The van der Waals surface area contributed by atoms with Crippen molar-refractivity contribution in [1.29, 1.82) is 0 Å². The Balaban J connectivity index is 1.93. The maximum absolute atomic E-state index is 12.1. The zero-order chi connectivity index (χ0) is 16.8. The number of nitrogens with one attached hydrogen (secondary N) is 1. The predicted molar refractivity (Wildman–Crippen MR) is 96.9 cm³/mol. The van der Waals surface area contributed by atoms with Crippen LogP contribution in [0, 0.1) is 0 Å². The third-order valence-electron chi connectivity index (χ3n) is 3.60. The van der Waals surface area contributed by atoms with Crippen LogP contribution in [-0.2, 0) is 4.79 Å². The lowest BCUT2D eigenvalue weighted by atomic mass is 10.0. The molecule has 0 atom stereocenters. The molecule has 0 aliphatic carbocycles. The second-order valence-electron chi connectivity index (χ2n) is 5.72. The number of ketones is 1. The van der Waals surface area contributed by atoms with Gasteiger partial charge in [0.05, 0.1) is 0 Å². The van der Waals surface area contributed by atoms with Gasteiger partial charge in [-0.3, -0.25) is 9.59 Å². The lowest BCUT2D eigenvalue weighted by Crippen LogP contribution is -2.15. The number of hydrogen-bond acceptors (Lipinski definition) is 2. The molecule has 0 saturated heterocycles. The molecule has 0 saturated carbocycles. The molecule has 0 aliphatic rings. The molecule has 0 radical (unpaired) electrons. The number of carbonyl (C=O) groups is 2. The van der Waals surface area contributed by atoms with Crippen molar-refractivity contribution in [1.82, 2.24) is 0 Å².